The lowest BCUT2D eigenvalue weighted by atomic mass is 9.96. The largest absolute Gasteiger partial charge is 0.309 e. The zero-order valence-electron chi connectivity index (χ0n) is 36.2. The molecule has 0 fully saturated rings. The van der Waals surface area contributed by atoms with Crippen molar-refractivity contribution in [2.45, 2.75) is 0 Å². The van der Waals surface area contributed by atoms with Crippen LogP contribution in [0.1, 0.15) is 0 Å². The van der Waals surface area contributed by atoms with Gasteiger partial charge in [-0.3, -0.25) is 0 Å². The first-order chi connectivity index (χ1) is 32.7. The van der Waals surface area contributed by atoms with Crippen molar-refractivity contribution in [1.29, 1.82) is 0 Å². The van der Waals surface area contributed by atoms with Crippen molar-refractivity contribution in [3.8, 4) is 61.5 Å². The molecule has 12 aromatic rings. The molecule has 0 spiro atoms. The molecule has 2 aromatic heterocycles. The Morgan fingerprint density at radius 3 is 1.55 bits per heavy atom. The summed E-state index contributed by atoms with van der Waals surface area (Å²) in [4.78, 5) is 7.84. The Morgan fingerprint density at radius 1 is 0.333 bits per heavy atom. The molecule has 0 aliphatic rings. The third kappa shape index (κ3) is 7.00. The molecular weight excluding hydrogens is 799 g/mol. The second kappa shape index (κ2) is 16.7. The van der Waals surface area contributed by atoms with Gasteiger partial charge in [0.05, 0.1) is 33.6 Å². The number of rotatable bonds is 9. The van der Waals surface area contributed by atoms with Gasteiger partial charge in [0.25, 0.3) is 0 Å². The van der Waals surface area contributed by atoms with E-state index in [0.717, 1.165) is 83.6 Å². The molecule has 310 valence electrons. The average molecular weight is 842 g/mol. The number of para-hydroxylation sites is 3. The Labute approximate surface area is 384 Å². The fourth-order valence-electron chi connectivity index (χ4n) is 9.64. The number of pyridine rings is 1. The lowest BCUT2D eigenvalue weighted by molar-refractivity contribution is 1.18. The van der Waals surface area contributed by atoms with Crippen LogP contribution in [0.5, 0.6) is 0 Å². The van der Waals surface area contributed by atoms with E-state index < -0.39 is 0 Å². The van der Waals surface area contributed by atoms with Crippen molar-refractivity contribution in [1.82, 2.24) is 9.55 Å². The molecule has 0 saturated carbocycles. The predicted molar refractivity (Wildman–Crippen MR) is 278 cm³/mol. The molecule has 0 atom stereocenters. The molecular formula is C63H43N3. The van der Waals surface area contributed by atoms with Crippen LogP contribution in [0.4, 0.5) is 17.1 Å². The standard InChI is InChI=1S/C63H43N3/c1-5-18-44(19-6-1)46-32-34-49(35-33-46)54-27-14-16-29-58(54)65(53-39-36-47(37-40-53)45-20-7-2-8-21-45)59-30-17-31-60-62(59)55-41-38-51(43-61(55)66(60)52-25-11-4-12-26-52)63-56(48-22-9-3-10-23-48)42-50-24-13-15-28-57(50)64-63/h1-43H. The summed E-state index contributed by atoms with van der Waals surface area (Å²) in [5.41, 5.74) is 18.9. The highest BCUT2D eigenvalue weighted by atomic mass is 15.2. The molecule has 66 heavy (non-hydrogen) atoms. The molecule has 0 bridgehead atoms. The maximum Gasteiger partial charge on any atom is 0.0788 e. The van der Waals surface area contributed by atoms with Gasteiger partial charge in [0, 0.05) is 44.2 Å². The number of aromatic nitrogens is 2. The minimum atomic E-state index is 0.958. The number of hydrogen-bond donors (Lipinski definition) is 0. The summed E-state index contributed by atoms with van der Waals surface area (Å²) in [7, 11) is 0. The molecule has 0 N–H and O–H groups in total. The van der Waals surface area contributed by atoms with E-state index in [4.69, 9.17) is 4.98 Å². The maximum atomic E-state index is 5.38. The molecule has 0 amide bonds. The first-order valence-electron chi connectivity index (χ1n) is 22.5. The highest BCUT2D eigenvalue weighted by molar-refractivity contribution is 6.17. The minimum Gasteiger partial charge on any atom is -0.309 e. The van der Waals surface area contributed by atoms with E-state index in [0.29, 0.717) is 0 Å². The topological polar surface area (TPSA) is 21.1 Å². The van der Waals surface area contributed by atoms with Crippen LogP contribution in [0.2, 0.25) is 0 Å². The lowest BCUT2D eigenvalue weighted by Gasteiger charge is -2.29. The van der Waals surface area contributed by atoms with Gasteiger partial charge in [0.1, 0.15) is 0 Å². The predicted octanol–water partition coefficient (Wildman–Crippen LogP) is 17.1. The fourth-order valence-corrected chi connectivity index (χ4v) is 9.64. The monoisotopic (exact) mass is 841 g/mol. The Balaban J connectivity index is 1.10. The molecule has 12 rings (SSSR count). The van der Waals surface area contributed by atoms with Crippen molar-refractivity contribution in [3.05, 3.63) is 261 Å². The lowest BCUT2D eigenvalue weighted by Crippen LogP contribution is -2.11. The van der Waals surface area contributed by atoms with E-state index in [1.807, 2.05) is 0 Å². The number of benzene rings is 10. The highest BCUT2D eigenvalue weighted by Gasteiger charge is 2.24. The fraction of sp³-hybridized carbons (Fsp3) is 0. The van der Waals surface area contributed by atoms with Crippen molar-refractivity contribution in [3.63, 3.8) is 0 Å². The van der Waals surface area contributed by atoms with Gasteiger partial charge in [-0.15, -0.1) is 0 Å². The summed E-state index contributed by atoms with van der Waals surface area (Å²) in [5, 5.41) is 3.44. The summed E-state index contributed by atoms with van der Waals surface area (Å²) in [5.74, 6) is 0. The highest BCUT2D eigenvalue weighted by Crippen LogP contribution is 2.48. The molecule has 0 aliphatic heterocycles. The van der Waals surface area contributed by atoms with Gasteiger partial charge in [-0.1, -0.05) is 200 Å². The SMILES string of the molecule is c1ccc(-c2ccc(-c3ccccc3N(c3ccc(-c4ccccc4)cc3)c3cccc4c3c3ccc(-c5nc6ccccc6cc5-c5ccccc5)cc3n4-c3ccccc3)cc2)cc1. The van der Waals surface area contributed by atoms with Crippen LogP contribution in [-0.4, -0.2) is 9.55 Å². The van der Waals surface area contributed by atoms with Crippen molar-refractivity contribution in [2.75, 3.05) is 4.90 Å². The second-order valence-electron chi connectivity index (χ2n) is 16.7. The Morgan fingerprint density at radius 2 is 0.848 bits per heavy atom. The van der Waals surface area contributed by atoms with E-state index in [-0.39, 0.29) is 0 Å². The Kier molecular flexibility index (Phi) is 9.85. The first-order valence-corrected chi connectivity index (χ1v) is 22.5. The first kappa shape index (κ1) is 38.9. The molecule has 0 radical (unpaired) electrons. The van der Waals surface area contributed by atoms with E-state index in [9.17, 15) is 0 Å². The smallest absolute Gasteiger partial charge is 0.0788 e. The number of fused-ring (bicyclic) bond motifs is 4. The van der Waals surface area contributed by atoms with E-state index >= 15 is 0 Å². The van der Waals surface area contributed by atoms with Crippen LogP contribution in [0.25, 0.3) is 94.2 Å². The van der Waals surface area contributed by atoms with Crippen LogP contribution in [0.15, 0.2) is 261 Å². The summed E-state index contributed by atoms with van der Waals surface area (Å²) in [6.45, 7) is 0. The maximum absolute atomic E-state index is 5.38. The summed E-state index contributed by atoms with van der Waals surface area (Å²) in [6.07, 6.45) is 0. The van der Waals surface area contributed by atoms with Crippen molar-refractivity contribution < 1.29 is 0 Å². The molecule has 10 aromatic carbocycles. The second-order valence-corrected chi connectivity index (χ2v) is 16.7. The van der Waals surface area contributed by atoms with Crippen LogP contribution >= 0.6 is 0 Å². The van der Waals surface area contributed by atoms with Crippen molar-refractivity contribution >= 4 is 49.8 Å². The van der Waals surface area contributed by atoms with E-state index in [1.165, 1.54) is 27.6 Å². The molecule has 2 heterocycles. The zero-order chi connectivity index (χ0) is 43.8. The molecule has 3 heteroatoms. The minimum absolute atomic E-state index is 0.958. The summed E-state index contributed by atoms with van der Waals surface area (Å²) < 4.78 is 2.42. The van der Waals surface area contributed by atoms with Gasteiger partial charge >= 0.3 is 0 Å². The third-order valence-electron chi connectivity index (χ3n) is 12.8. The number of anilines is 3. The van der Waals surface area contributed by atoms with Gasteiger partial charge in [0.15, 0.2) is 0 Å². The van der Waals surface area contributed by atoms with Gasteiger partial charge < -0.3 is 9.47 Å². The molecule has 3 nitrogen and oxygen atoms in total. The summed E-state index contributed by atoms with van der Waals surface area (Å²) in [6, 6.07) is 93.8. The van der Waals surface area contributed by atoms with Crippen LogP contribution in [0.3, 0.4) is 0 Å². The van der Waals surface area contributed by atoms with Crippen LogP contribution in [0, 0.1) is 0 Å². The third-order valence-corrected chi connectivity index (χ3v) is 12.8. The van der Waals surface area contributed by atoms with Crippen LogP contribution < -0.4 is 4.90 Å². The van der Waals surface area contributed by atoms with Gasteiger partial charge in [-0.2, -0.15) is 0 Å². The quantitative estimate of drug-likeness (QED) is 0.144. The van der Waals surface area contributed by atoms with Gasteiger partial charge in [-0.25, -0.2) is 4.98 Å². The van der Waals surface area contributed by atoms with Gasteiger partial charge in [0.2, 0.25) is 0 Å². The molecule has 0 saturated heterocycles. The summed E-state index contributed by atoms with van der Waals surface area (Å²) >= 11 is 0. The van der Waals surface area contributed by atoms with Crippen molar-refractivity contribution in [2.24, 2.45) is 0 Å². The Bertz CT molecular complexity index is 3650. The number of nitrogens with zero attached hydrogens (tertiary/aromatic N) is 3. The molecule has 0 aliphatic carbocycles. The zero-order valence-corrected chi connectivity index (χ0v) is 36.2. The molecule has 0 unspecified atom stereocenters. The van der Waals surface area contributed by atoms with Crippen LogP contribution in [-0.2, 0) is 0 Å². The normalized spacial score (nSPS) is 11.3. The number of hydrogen-bond acceptors (Lipinski definition) is 2. The van der Waals surface area contributed by atoms with Gasteiger partial charge in [-0.05, 0) is 94.0 Å². The Hall–Kier alpha value is -8.79. The van der Waals surface area contributed by atoms with E-state index in [2.05, 4.69) is 270 Å². The average Bonchev–Trinajstić information content (AvgIpc) is 3.74. The van der Waals surface area contributed by atoms with E-state index in [1.54, 1.807) is 0 Å².